The molecule has 1 saturated heterocycles. The summed E-state index contributed by atoms with van der Waals surface area (Å²) < 4.78 is 1.71. The lowest BCUT2D eigenvalue weighted by atomic mass is 10.1. The Bertz CT molecular complexity index is 608. The molecule has 0 saturated carbocycles. The number of rotatable bonds is 5. The fourth-order valence-electron chi connectivity index (χ4n) is 3.00. The van der Waals surface area contributed by atoms with E-state index >= 15 is 0 Å². The van der Waals surface area contributed by atoms with Crippen molar-refractivity contribution in [2.24, 2.45) is 5.73 Å². The smallest absolute Gasteiger partial charge is 0.272 e. The molecule has 1 aromatic heterocycles. The highest BCUT2D eigenvalue weighted by Crippen LogP contribution is 2.22. The first-order valence-electron chi connectivity index (χ1n) is 8.69. The van der Waals surface area contributed by atoms with Gasteiger partial charge in [-0.1, -0.05) is 13.8 Å². The van der Waals surface area contributed by atoms with Crippen molar-refractivity contribution in [1.29, 1.82) is 0 Å². The maximum absolute atomic E-state index is 13.0. The van der Waals surface area contributed by atoms with Gasteiger partial charge in [0.2, 0.25) is 5.91 Å². The standard InChI is InChI=1S/C17H29N5O2/c1-6-22-15(8-13(20-22)10(2)3)17(24)21-9-12(18)7-14(21)16(23)19-11(4)5/h8,10-12,14H,6-7,9,18H2,1-5H3,(H,19,23). The van der Waals surface area contributed by atoms with E-state index in [0.29, 0.717) is 25.2 Å². The molecule has 2 unspecified atom stereocenters. The summed E-state index contributed by atoms with van der Waals surface area (Å²) in [4.78, 5) is 27.1. The van der Waals surface area contributed by atoms with E-state index in [1.807, 2.05) is 40.7 Å². The van der Waals surface area contributed by atoms with Crippen LogP contribution in [0.15, 0.2) is 6.07 Å². The van der Waals surface area contributed by atoms with Gasteiger partial charge in [-0.25, -0.2) is 0 Å². The van der Waals surface area contributed by atoms with E-state index in [9.17, 15) is 9.59 Å². The average Bonchev–Trinajstić information content (AvgIpc) is 3.09. The van der Waals surface area contributed by atoms with Gasteiger partial charge in [-0.05, 0) is 39.2 Å². The minimum Gasteiger partial charge on any atom is -0.352 e. The van der Waals surface area contributed by atoms with Crippen LogP contribution >= 0.6 is 0 Å². The second-order valence-electron chi connectivity index (χ2n) is 7.06. The fraction of sp³-hybridized carbons (Fsp3) is 0.706. The number of nitrogens with two attached hydrogens (primary N) is 1. The second-order valence-corrected chi connectivity index (χ2v) is 7.06. The first-order valence-corrected chi connectivity index (χ1v) is 8.69. The van der Waals surface area contributed by atoms with Gasteiger partial charge in [-0.3, -0.25) is 14.3 Å². The number of amides is 2. The zero-order chi connectivity index (χ0) is 18.0. The van der Waals surface area contributed by atoms with E-state index in [2.05, 4.69) is 10.4 Å². The van der Waals surface area contributed by atoms with Crippen LogP contribution in [0.25, 0.3) is 0 Å². The Balaban J connectivity index is 2.28. The predicted molar refractivity (Wildman–Crippen MR) is 92.7 cm³/mol. The molecule has 0 bridgehead atoms. The van der Waals surface area contributed by atoms with Gasteiger partial charge in [0, 0.05) is 25.2 Å². The minimum absolute atomic E-state index is 0.0278. The minimum atomic E-state index is -0.516. The third-order valence-electron chi connectivity index (χ3n) is 4.24. The lowest BCUT2D eigenvalue weighted by molar-refractivity contribution is -0.125. The van der Waals surface area contributed by atoms with Crippen LogP contribution in [0.5, 0.6) is 0 Å². The molecule has 0 aromatic carbocycles. The zero-order valence-corrected chi connectivity index (χ0v) is 15.2. The Morgan fingerprint density at radius 2 is 2.04 bits per heavy atom. The predicted octanol–water partition coefficient (Wildman–Crippen LogP) is 1.09. The van der Waals surface area contributed by atoms with Gasteiger partial charge in [0.05, 0.1) is 5.69 Å². The van der Waals surface area contributed by atoms with E-state index in [1.54, 1.807) is 9.58 Å². The number of carbonyl (C=O) groups excluding carboxylic acids is 2. The highest BCUT2D eigenvalue weighted by molar-refractivity contribution is 5.97. The Labute approximate surface area is 143 Å². The van der Waals surface area contributed by atoms with Crippen molar-refractivity contribution in [1.82, 2.24) is 20.0 Å². The summed E-state index contributed by atoms with van der Waals surface area (Å²) in [5.41, 5.74) is 7.43. The van der Waals surface area contributed by atoms with Crippen molar-refractivity contribution in [2.75, 3.05) is 6.54 Å². The molecule has 7 heteroatoms. The van der Waals surface area contributed by atoms with Crippen molar-refractivity contribution in [3.63, 3.8) is 0 Å². The molecule has 2 atom stereocenters. The average molecular weight is 335 g/mol. The molecule has 3 N–H and O–H groups in total. The van der Waals surface area contributed by atoms with Crippen molar-refractivity contribution >= 4 is 11.8 Å². The summed E-state index contributed by atoms with van der Waals surface area (Å²) in [5, 5.41) is 7.38. The molecule has 1 fully saturated rings. The van der Waals surface area contributed by atoms with Crippen LogP contribution in [0.2, 0.25) is 0 Å². The lowest BCUT2D eigenvalue weighted by Gasteiger charge is -2.24. The number of carbonyl (C=O) groups is 2. The molecular formula is C17H29N5O2. The molecule has 0 spiro atoms. The number of hydrogen-bond donors (Lipinski definition) is 2. The van der Waals surface area contributed by atoms with Crippen molar-refractivity contribution in [3.05, 3.63) is 17.5 Å². The summed E-state index contributed by atoms with van der Waals surface area (Å²) in [7, 11) is 0. The van der Waals surface area contributed by atoms with Crippen LogP contribution in [-0.4, -0.2) is 51.2 Å². The van der Waals surface area contributed by atoms with Crippen molar-refractivity contribution in [2.45, 2.75) is 71.6 Å². The van der Waals surface area contributed by atoms with E-state index in [1.165, 1.54) is 0 Å². The molecular weight excluding hydrogens is 306 g/mol. The highest BCUT2D eigenvalue weighted by Gasteiger charge is 2.39. The highest BCUT2D eigenvalue weighted by atomic mass is 16.2. The third-order valence-corrected chi connectivity index (χ3v) is 4.24. The van der Waals surface area contributed by atoms with Crippen LogP contribution in [-0.2, 0) is 11.3 Å². The van der Waals surface area contributed by atoms with Gasteiger partial charge in [0.15, 0.2) is 0 Å². The topological polar surface area (TPSA) is 93.2 Å². The molecule has 2 amide bonds. The zero-order valence-electron chi connectivity index (χ0n) is 15.2. The molecule has 7 nitrogen and oxygen atoms in total. The van der Waals surface area contributed by atoms with E-state index in [0.717, 1.165) is 5.69 Å². The Hall–Kier alpha value is -1.89. The lowest BCUT2D eigenvalue weighted by Crippen LogP contribution is -2.48. The Morgan fingerprint density at radius 1 is 1.38 bits per heavy atom. The first-order chi connectivity index (χ1) is 11.2. The molecule has 1 aromatic rings. The molecule has 2 heterocycles. The van der Waals surface area contributed by atoms with Gasteiger partial charge >= 0.3 is 0 Å². The number of hydrogen-bond acceptors (Lipinski definition) is 4. The van der Waals surface area contributed by atoms with E-state index in [-0.39, 0.29) is 29.8 Å². The van der Waals surface area contributed by atoms with Gasteiger partial charge in [-0.2, -0.15) is 5.10 Å². The molecule has 24 heavy (non-hydrogen) atoms. The molecule has 134 valence electrons. The summed E-state index contributed by atoms with van der Waals surface area (Å²) in [5.74, 6) is -0.0729. The molecule has 0 aliphatic carbocycles. The normalized spacial score (nSPS) is 20.9. The summed E-state index contributed by atoms with van der Waals surface area (Å²) in [6.45, 7) is 10.8. The molecule has 1 aliphatic heterocycles. The van der Waals surface area contributed by atoms with Crippen LogP contribution in [0.4, 0.5) is 0 Å². The van der Waals surface area contributed by atoms with Gasteiger partial charge in [-0.15, -0.1) is 0 Å². The van der Waals surface area contributed by atoms with Crippen LogP contribution in [0.3, 0.4) is 0 Å². The summed E-state index contributed by atoms with van der Waals surface area (Å²) >= 11 is 0. The summed E-state index contributed by atoms with van der Waals surface area (Å²) in [6, 6.07) is 1.16. The monoisotopic (exact) mass is 335 g/mol. The first kappa shape index (κ1) is 18.4. The molecule has 0 radical (unpaired) electrons. The van der Waals surface area contributed by atoms with Crippen molar-refractivity contribution < 1.29 is 9.59 Å². The summed E-state index contributed by atoms with van der Waals surface area (Å²) in [6.07, 6.45) is 0.488. The van der Waals surface area contributed by atoms with Crippen LogP contribution < -0.4 is 11.1 Å². The van der Waals surface area contributed by atoms with Gasteiger partial charge in [0.1, 0.15) is 11.7 Å². The molecule has 1 aliphatic rings. The Morgan fingerprint density at radius 3 is 2.58 bits per heavy atom. The van der Waals surface area contributed by atoms with E-state index < -0.39 is 6.04 Å². The number of nitrogens with zero attached hydrogens (tertiary/aromatic N) is 3. The molecule has 2 rings (SSSR count). The van der Waals surface area contributed by atoms with Gasteiger partial charge in [0.25, 0.3) is 5.91 Å². The van der Waals surface area contributed by atoms with Gasteiger partial charge < -0.3 is 16.0 Å². The number of aromatic nitrogens is 2. The largest absolute Gasteiger partial charge is 0.352 e. The Kier molecular flexibility index (Phi) is 5.64. The second kappa shape index (κ2) is 7.34. The quantitative estimate of drug-likeness (QED) is 0.842. The maximum atomic E-state index is 13.0. The van der Waals surface area contributed by atoms with Crippen molar-refractivity contribution in [3.8, 4) is 0 Å². The van der Waals surface area contributed by atoms with E-state index in [4.69, 9.17) is 5.73 Å². The fourth-order valence-corrected chi connectivity index (χ4v) is 3.00. The number of aryl methyl sites for hydroxylation is 1. The SMILES string of the molecule is CCn1nc(C(C)C)cc1C(=O)N1CC(N)CC1C(=O)NC(C)C. The van der Waals surface area contributed by atoms with Crippen LogP contribution in [0.1, 0.15) is 63.1 Å². The number of likely N-dealkylation sites (tertiary alicyclic amines) is 1. The maximum Gasteiger partial charge on any atom is 0.272 e. The van der Waals surface area contributed by atoms with Crippen LogP contribution in [0, 0.1) is 0 Å². The number of nitrogens with one attached hydrogen (secondary N) is 1. The third kappa shape index (κ3) is 3.77.